The zero-order valence-corrected chi connectivity index (χ0v) is 25.6. The van der Waals surface area contributed by atoms with Crippen LogP contribution in [-0.4, -0.2) is 62.9 Å². The van der Waals surface area contributed by atoms with E-state index in [1.165, 1.54) is 4.31 Å². The summed E-state index contributed by atoms with van der Waals surface area (Å²) < 4.78 is 60.5. The fourth-order valence-electron chi connectivity index (χ4n) is 6.86. The molecule has 244 valence electrons. The molecule has 3 aliphatic rings. The van der Waals surface area contributed by atoms with E-state index < -0.39 is 34.8 Å². The molecule has 2 aromatic heterocycles. The summed E-state index contributed by atoms with van der Waals surface area (Å²) in [7, 11) is -3.91. The average molecular weight is 653 g/mol. The molecule has 1 aliphatic carbocycles. The van der Waals surface area contributed by atoms with Gasteiger partial charge in [-0.1, -0.05) is 36.9 Å². The van der Waals surface area contributed by atoms with Gasteiger partial charge in [-0.2, -0.15) is 4.31 Å². The van der Waals surface area contributed by atoms with Gasteiger partial charge in [0.15, 0.2) is 0 Å². The average Bonchev–Trinajstić information content (AvgIpc) is 3.58. The predicted molar refractivity (Wildman–Crippen MR) is 169 cm³/mol. The van der Waals surface area contributed by atoms with Gasteiger partial charge in [-0.25, -0.2) is 26.9 Å². The smallest absolute Gasteiger partial charge is 0.304 e. The van der Waals surface area contributed by atoms with E-state index in [2.05, 4.69) is 20.2 Å². The van der Waals surface area contributed by atoms with Gasteiger partial charge in [0.25, 0.3) is 6.43 Å². The lowest BCUT2D eigenvalue weighted by Gasteiger charge is -2.26. The Labute approximate surface area is 267 Å². The van der Waals surface area contributed by atoms with Crippen LogP contribution in [-0.2, 0) is 27.9 Å². The summed E-state index contributed by atoms with van der Waals surface area (Å²) >= 11 is 0. The molecule has 2 aromatic carbocycles. The van der Waals surface area contributed by atoms with Gasteiger partial charge in [-0.3, -0.25) is 4.79 Å². The molecule has 13 heteroatoms. The Morgan fingerprint density at radius 1 is 1.13 bits per heavy atom. The van der Waals surface area contributed by atoms with E-state index in [-0.39, 0.29) is 48.1 Å². The standard InChI is InChI=1S/C32H34F2N6O4S.CH4/c1-19-6-9-21(14-22(19)17-38-18-23-4-3-13-39(23)32-27(45(38,43)44)5-2-12-35-32)25(15-28(41)42)24-10-11-26-30(29(24)31(33)34)36-37-40(26)16-20-7-8-20;/h2,5-6,9-12,14,20,23,25,31H,3-4,7-8,13,15-18H2,1H3,(H,41,42);1H4/t23-,25-;/m1./s1. The quantitative estimate of drug-likeness (QED) is 0.237. The highest BCUT2D eigenvalue weighted by molar-refractivity contribution is 7.89. The molecule has 0 amide bonds. The molecule has 46 heavy (non-hydrogen) atoms. The largest absolute Gasteiger partial charge is 0.481 e. The van der Waals surface area contributed by atoms with E-state index in [4.69, 9.17) is 0 Å². The number of hydrogen-bond donors (Lipinski definition) is 1. The summed E-state index contributed by atoms with van der Waals surface area (Å²) in [6.07, 6.45) is 2.19. The monoisotopic (exact) mass is 652 g/mol. The molecule has 2 atom stereocenters. The van der Waals surface area contributed by atoms with Gasteiger partial charge in [0, 0.05) is 44.3 Å². The lowest BCUT2D eigenvalue weighted by Crippen LogP contribution is -2.39. The number of carboxylic acid groups (broad SMARTS) is 1. The maximum Gasteiger partial charge on any atom is 0.304 e. The van der Waals surface area contributed by atoms with Gasteiger partial charge in [0.05, 0.1) is 17.5 Å². The minimum atomic E-state index is -3.91. The highest BCUT2D eigenvalue weighted by atomic mass is 32.2. The van der Waals surface area contributed by atoms with Crippen molar-refractivity contribution in [2.24, 2.45) is 5.92 Å². The highest BCUT2D eigenvalue weighted by Gasteiger charge is 2.40. The highest BCUT2D eigenvalue weighted by Crippen LogP contribution is 2.41. The summed E-state index contributed by atoms with van der Waals surface area (Å²) in [5, 5.41) is 18.2. The SMILES string of the molecule is C.Cc1ccc([C@@H](CC(=O)O)c2ccc3c(nnn3CC3CC3)c2C(F)F)cc1CN1C[C@H]2CCCN2c2ncccc2S1(=O)=O. The third kappa shape index (κ3) is 5.74. The number of aliphatic carboxylic acids is 1. The zero-order chi connectivity index (χ0) is 31.5. The van der Waals surface area contributed by atoms with Gasteiger partial charge >= 0.3 is 5.97 Å². The number of carbonyl (C=O) groups is 1. The molecule has 1 saturated heterocycles. The van der Waals surface area contributed by atoms with Gasteiger partial charge < -0.3 is 10.0 Å². The fourth-order valence-corrected chi connectivity index (χ4v) is 8.47. The van der Waals surface area contributed by atoms with Crippen LogP contribution in [0, 0.1) is 12.8 Å². The minimum absolute atomic E-state index is 0. The van der Waals surface area contributed by atoms with Crippen LogP contribution < -0.4 is 4.90 Å². The molecule has 0 radical (unpaired) electrons. The number of sulfonamides is 1. The van der Waals surface area contributed by atoms with Crippen LogP contribution in [0.15, 0.2) is 53.6 Å². The number of anilines is 1. The molecule has 0 unspecified atom stereocenters. The second-order valence-electron chi connectivity index (χ2n) is 12.4. The molecule has 2 aliphatic heterocycles. The zero-order valence-electron chi connectivity index (χ0n) is 24.8. The Balaban J connectivity index is 0.00000372. The summed E-state index contributed by atoms with van der Waals surface area (Å²) in [4.78, 5) is 18.8. The van der Waals surface area contributed by atoms with Crippen molar-refractivity contribution in [2.45, 2.75) is 82.8 Å². The summed E-state index contributed by atoms with van der Waals surface area (Å²) in [6, 6.07) is 11.8. The molecule has 4 aromatic rings. The molecule has 0 bridgehead atoms. The topological polar surface area (TPSA) is 122 Å². The fraction of sp³-hybridized carbons (Fsp3) is 0.455. The van der Waals surface area contributed by atoms with E-state index >= 15 is 0 Å². The van der Waals surface area contributed by atoms with Crippen LogP contribution in [0.5, 0.6) is 0 Å². The number of alkyl halides is 2. The number of nitrogens with zero attached hydrogens (tertiary/aromatic N) is 6. The minimum Gasteiger partial charge on any atom is -0.481 e. The van der Waals surface area contributed by atoms with E-state index in [0.29, 0.717) is 34.9 Å². The lowest BCUT2D eigenvalue weighted by atomic mass is 9.84. The summed E-state index contributed by atoms with van der Waals surface area (Å²) in [5.41, 5.74) is 2.45. The van der Waals surface area contributed by atoms with Crippen LogP contribution in [0.4, 0.5) is 14.6 Å². The normalized spacial score (nSPS) is 19.8. The lowest BCUT2D eigenvalue weighted by molar-refractivity contribution is -0.137. The molecule has 4 heterocycles. The number of fused-ring (bicyclic) bond motifs is 4. The summed E-state index contributed by atoms with van der Waals surface area (Å²) in [6.45, 7) is 3.54. The molecule has 1 saturated carbocycles. The van der Waals surface area contributed by atoms with Gasteiger partial charge in [0.2, 0.25) is 10.0 Å². The predicted octanol–water partition coefficient (Wildman–Crippen LogP) is 5.90. The van der Waals surface area contributed by atoms with Gasteiger partial charge in [-0.05, 0) is 79.0 Å². The Hall–Kier alpha value is -3.97. The van der Waals surface area contributed by atoms with E-state index in [0.717, 1.165) is 37.8 Å². The van der Waals surface area contributed by atoms with Crippen molar-refractivity contribution in [3.8, 4) is 0 Å². The third-order valence-electron chi connectivity index (χ3n) is 9.42. The van der Waals surface area contributed by atoms with Gasteiger partial charge in [-0.15, -0.1) is 5.10 Å². The Kier molecular flexibility index (Phi) is 8.57. The molecule has 0 spiro atoms. The van der Waals surface area contributed by atoms with E-state index in [1.54, 1.807) is 53.3 Å². The van der Waals surface area contributed by atoms with Crippen LogP contribution in [0.3, 0.4) is 0 Å². The van der Waals surface area contributed by atoms with Gasteiger partial charge in [0.1, 0.15) is 16.2 Å². The molecule has 7 rings (SSSR count). The third-order valence-corrected chi connectivity index (χ3v) is 11.2. The Morgan fingerprint density at radius 3 is 2.67 bits per heavy atom. The number of hydrogen-bond acceptors (Lipinski definition) is 7. The first-order chi connectivity index (χ1) is 21.6. The number of pyridine rings is 1. The molecule has 1 N–H and O–H groups in total. The molecule has 2 fully saturated rings. The number of rotatable bonds is 9. The first-order valence-electron chi connectivity index (χ1n) is 15.3. The second kappa shape index (κ2) is 12.3. The van der Waals surface area contributed by atoms with Crippen molar-refractivity contribution in [2.75, 3.05) is 18.0 Å². The van der Waals surface area contributed by atoms with Crippen molar-refractivity contribution in [3.63, 3.8) is 0 Å². The number of benzene rings is 2. The molecule has 10 nitrogen and oxygen atoms in total. The van der Waals surface area contributed by atoms with Crippen molar-refractivity contribution in [3.05, 3.63) is 76.5 Å². The van der Waals surface area contributed by atoms with Crippen LogP contribution in [0.25, 0.3) is 11.0 Å². The maximum absolute atomic E-state index is 14.8. The second-order valence-corrected chi connectivity index (χ2v) is 14.3. The number of carboxylic acids is 1. The molecular formula is C33H38F2N6O4S. The molecular weight excluding hydrogens is 614 g/mol. The van der Waals surface area contributed by atoms with Crippen LogP contribution in [0.2, 0.25) is 0 Å². The first-order valence-corrected chi connectivity index (χ1v) is 16.7. The van der Waals surface area contributed by atoms with Crippen molar-refractivity contribution < 1.29 is 27.1 Å². The summed E-state index contributed by atoms with van der Waals surface area (Å²) in [5.74, 6) is -1.12. The number of aromatic nitrogens is 4. The van der Waals surface area contributed by atoms with E-state index in [1.807, 2.05) is 6.92 Å². The van der Waals surface area contributed by atoms with Crippen molar-refractivity contribution >= 4 is 32.8 Å². The Morgan fingerprint density at radius 2 is 1.93 bits per heavy atom. The number of aryl methyl sites for hydroxylation is 1. The Bertz CT molecular complexity index is 1890. The number of halogens is 2. The van der Waals surface area contributed by atoms with Crippen molar-refractivity contribution in [1.82, 2.24) is 24.3 Å². The van der Waals surface area contributed by atoms with Crippen molar-refractivity contribution in [1.29, 1.82) is 0 Å². The maximum atomic E-state index is 14.8. The first kappa shape index (κ1) is 32.0. The van der Waals surface area contributed by atoms with Crippen LogP contribution >= 0.6 is 0 Å². The van der Waals surface area contributed by atoms with E-state index in [9.17, 15) is 27.1 Å². The van der Waals surface area contributed by atoms with Crippen LogP contribution in [0.1, 0.15) is 79.7 Å².